The Kier molecular flexibility index (Phi) is 12.5. The number of benzene rings is 4. The number of amides is 2. The molecule has 0 N–H and O–H groups in total. The van der Waals surface area contributed by atoms with Gasteiger partial charge in [-0.3, -0.25) is 9.59 Å². The number of aromatic nitrogens is 2. The van der Waals surface area contributed by atoms with E-state index in [1.807, 2.05) is 21.9 Å². The lowest BCUT2D eigenvalue weighted by atomic mass is 9.98. The maximum atomic E-state index is 15.6. The van der Waals surface area contributed by atoms with E-state index in [1.165, 1.54) is 10.8 Å². The van der Waals surface area contributed by atoms with Crippen LogP contribution in [0, 0.1) is 11.8 Å². The first-order valence-electron chi connectivity index (χ1n) is 24.1. The van der Waals surface area contributed by atoms with Crippen molar-refractivity contribution in [2.75, 3.05) is 13.1 Å². The average molecular weight is 907 g/mol. The lowest BCUT2D eigenvalue weighted by Gasteiger charge is -2.29. The second-order valence-corrected chi connectivity index (χ2v) is 20.1. The summed E-state index contributed by atoms with van der Waals surface area (Å²) in [5.74, 6) is 0.536. The third-order valence-electron chi connectivity index (χ3n) is 13.9. The van der Waals surface area contributed by atoms with Crippen LogP contribution in [-0.4, -0.2) is 43.8 Å². The third kappa shape index (κ3) is 7.88. The molecule has 10 rings (SSSR count). The predicted octanol–water partition coefficient (Wildman–Crippen LogP) is 15.3. The number of rotatable bonds is 18. The van der Waals surface area contributed by atoms with E-state index in [-0.39, 0.29) is 11.8 Å². The monoisotopic (exact) mass is 906 g/mol. The van der Waals surface area contributed by atoms with Gasteiger partial charge in [-0.25, -0.2) is 0 Å². The van der Waals surface area contributed by atoms with Gasteiger partial charge in [0.25, 0.3) is 11.8 Å². The molecule has 8 heteroatoms. The van der Waals surface area contributed by atoms with Crippen LogP contribution in [0.3, 0.4) is 0 Å². The Morgan fingerprint density at radius 2 is 0.833 bits per heavy atom. The molecule has 0 saturated carbocycles. The summed E-state index contributed by atoms with van der Waals surface area (Å²) < 4.78 is 4.53. The number of fused-ring (bicyclic) bond motifs is 3. The number of para-hydroxylation sites is 4. The zero-order valence-electron chi connectivity index (χ0n) is 38.5. The molecule has 0 aliphatic carbocycles. The Morgan fingerprint density at radius 3 is 1.23 bits per heavy atom. The maximum absolute atomic E-state index is 15.6. The smallest absolute Gasteiger partial charge is 0.261 e. The van der Waals surface area contributed by atoms with Crippen LogP contribution in [0.2, 0.25) is 0 Å². The Balaban J connectivity index is 1.14. The molecule has 4 aromatic heterocycles. The highest BCUT2D eigenvalue weighted by Crippen LogP contribution is 2.51. The fourth-order valence-electron chi connectivity index (χ4n) is 10.2. The van der Waals surface area contributed by atoms with Crippen molar-refractivity contribution in [3.8, 4) is 32.3 Å². The van der Waals surface area contributed by atoms with E-state index in [9.17, 15) is 0 Å². The molecular weight excluding hydrogens is 849 g/mol. The molecular formula is C58H58N4O2S2. The SMILES string of the molecule is CCCCC(CC)CN1C(=O)C2=C(c3ccc(-c4cn(-c5ccccc5)c5ccccc45)s3)N(CC(CC)CCCC)C(=O)C2=C1c1ccc(-c2cn(-c3ccccc3)c3ccccc23)s1. The number of thiophene rings is 2. The van der Waals surface area contributed by atoms with Crippen molar-refractivity contribution in [3.63, 3.8) is 0 Å². The molecule has 66 heavy (non-hydrogen) atoms. The number of nitrogens with zero attached hydrogens (tertiary/aromatic N) is 4. The molecule has 8 aromatic rings. The van der Waals surface area contributed by atoms with E-state index < -0.39 is 0 Å². The van der Waals surface area contributed by atoms with Crippen LogP contribution in [0.1, 0.15) is 88.8 Å². The van der Waals surface area contributed by atoms with Gasteiger partial charge in [-0.05, 0) is 85.3 Å². The summed E-state index contributed by atoms with van der Waals surface area (Å²) in [6, 6.07) is 46.8. The van der Waals surface area contributed by atoms with E-state index in [0.717, 1.165) is 116 Å². The maximum Gasteiger partial charge on any atom is 0.261 e. The zero-order valence-corrected chi connectivity index (χ0v) is 40.1. The van der Waals surface area contributed by atoms with E-state index in [2.05, 4.69) is 171 Å². The van der Waals surface area contributed by atoms with Gasteiger partial charge in [0.1, 0.15) is 0 Å². The minimum Gasteiger partial charge on any atom is -0.316 e. The Hall–Kier alpha value is -6.22. The minimum atomic E-state index is -0.0475. The van der Waals surface area contributed by atoms with Gasteiger partial charge in [-0.2, -0.15) is 0 Å². The van der Waals surface area contributed by atoms with Gasteiger partial charge in [-0.1, -0.05) is 139 Å². The highest BCUT2D eigenvalue weighted by molar-refractivity contribution is 7.17. The quantitative estimate of drug-likeness (QED) is 0.0861. The number of unbranched alkanes of at least 4 members (excludes halogenated alkanes) is 2. The van der Waals surface area contributed by atoms with E-state index in [1.54, 1.807) is 22.7 Å². The fraction of sp³-hybridized carbons (Fsp3) is 0.276. The molecule has 0 saturated heterocycles. The van der Waals surface area contributed by atoms with Crippen LogP contribution < -0.4 is 0 Å². The summed E-state index contributed by atoms with van der Waals surface area (Å²) >= 11 is 3.38. The third-order valence-corrected chi connectivity index (χ3v) is 16.1. The molecule has 2 unspecified atom stereocenters. The molecule has 0 bridgehead atoms. The molecule has 0 radical (unpaired) electrons. The van der Waals surface area contributed by atoms with Gasteiger partial charge in [-0.15, -0.1) is 22.7 Å². The van der Waals surface area contributed by atoms with E-state index in [4.69, 9.17) is 0 Å². The summed E-state index contributed by atoms with van der Waals surface area (Å²) in [4.78, 5) is 39.3. The first kappa shape index (κ1) is 43.7. The summed E-state index contributed by atoms with van der Waals surface area (Å²) in [5.41, 5.74) is 9.47. The van der Waals surface area contributed by atoms with Crippen molar-refractivity contribution < 1.29 is 9.59 Å². The number of carbonyl (C=O) groups excluding carboxylic acids is 2. The predicted molar refractivity (Wildman–Crippen MR) is 277 cm³/mol. The minimum absolute atomic E-state index is 0.0475. The highest BCUT2D eigenvalue weighted by Gasteiger charge is 2.50. The second-order valence-electron chi connectivity index (χ2n) is 18.0. The van der Waals surface area contributed by atoms with Crippen molar-refractivity contribution >= 4 is 67.7 Å². The van der Waals surface area contributed by atoms with E-state index >= 15 is 9.59 Å². The summed E-state index contributed by atoms with van der Waals surface area (Å²) in [7, 11) is 0. The van der Waals surface area contributed by atoms with Crippen LogP contribution in [0.5, 0.6) is 0 Å². The van der Waals surface area contributed by atoms with Gasteiger partial charge in [0.15, 0.2) is 0 Å². The first-order chi connectivity index (χ1) is 32.4. The van der Waals surface area contributed by atoms with Crippen LogP contribution in [0.25, 0.3) is 65.5 Å². The summed E-state index contributed by atoms with van der Waals surface area (Å²) in [5, 5.41) is 2.34. The number of hydrogen-bond acceptors (Lipinski definition) is 4. The molecule has 6 nitrogen and oxygen atoms in total. The molecule has 0 fully saturated rings. The standard InChI is InChI=1S/C58H58N4O2S2/c1-5-9-21-39(7-3)35-61-55(51-33-31-49(65-51)45-37-59(41-23-13-11-14-24-41)47-29-19-17-27-43(45)47)53-54(57(61)63)56(62(58(53)64)36-40(8-4)22-10-6-2)52-34-32-50(66-52)46-38-60(42-25-15-12-16-26-42)48-30-20-18-28-44(46)48/h11-20,23-34,37-40H,5-10,21-22,35-36H2,1-4H3. The Labute approximate surface area is 397 Å². The molecule has 2 aliphatic rings. The molecule has 2 amide bonds. The van der Waals surface area contributed by atoms with Gasteiger partial charge >= 0.3 is 0 Å². The highest BCUT2D eigenvalue weighted by atomic mass is 32.1. The second kappa shape index (κ2) is 18.9. The Morgan fingerprint density at radius 1 is 0.455 bits per heavy atom. The fourth-order valence-corrected chi connectivity index (χ4v) is 12.4. The van der Waals surface area contributed by atoms with Crippen molar-refractivity contribution in [3.05, 3.63) is 167 Å². The zero-order chi connectivity index (χ0) is 45.3. The van der Waals surface area contributed by atoms with Gasteiger partial charge in [0.05, 0.1) is 43.3 Å². The van der Waals surface area contributed by atoms with Crippen LogP contribution in [0.15, 0.2) is 157 Å². The van der Waals surface area contributed by atoms with Gasteiger partial charge in [0.2, 0.25) is 0 Å². The van der Waals surface area contributed by atoms with Crippen molar-refractivity contribution in [1.29, 1.82) is 0 Å². The van der Waals surface area contributed by atoms with Crippen molar-refractivity contribution in [2.45, 2.75) is 79.1 Å². The molecule has 4 aromatic carbocycles. The van der Waals surface area contributed by atoms with Crippen molar-refractivity contribution in [2.24, 2.45) is 11.8 Å². The van der Waals surface area contributed by atoms with Gasteiger partial charge in [0, 0.05) is 68.5 Å². The van der Waals surface area contributed by atoms with E-state index in [0.29, 0.717) is 36.1 Å². The topological polar surface area (TPSA) is 50.5 Å². The number of carbonyl (C=O) groups is 2. The van der Waals surface area contributed by atoms with Crippen LogP contribution in [0.4, 0.5) is 0 Å². The van der Waals surface area contributed by atoms with Crippen LogP contribution in [-0.2, 0) is 9.59 Å². The molecule has 2 aliphatic heterocycles. The average Bonchev–Trinajstić information content (AvgIpc) is 4.23. The summed E-state index contributed by atoms with van der Waals surface area (Å²) in [6.45, 7) is 10.1. The largest absolute Gasteiger partial charge is 0.316 e. The molecule has 334 valence electrons. The molecule has 2 atom stereocenters. The lowest BCUT2D eigenvalue weighted by molar-refractivity contribution is -0.124. The number of hydrogen-bond donors (Lipinski definition) is 0. The van der Waals surface area contributed by atoms with Crippen molar-refractivity contribution in [1.82, 2.24) is 18.9 Å². The molecule has 0 spiro atoms. The normalized spacial score (nSPS) is 15.0. The first-order valence-corrected chi connectivity index (χ1v) is 25.7. The molecule has 6 heterocycles. The lowest BCUT2D eigenvalue weighted by Crippen LogP contribution is -2.34. The van der Waals surface area contributed by atoms with Crippen LogP contribution >= 0.6 is 22.7 Å². The Bertz CT molecular complexity index is 2900. The van der Waals surface area contributed by atoms with Gasteiger partial charge < -0.3 is 18.9 Å². The summed E-state index contributed by atoms with van der Waals surface area (Å²) in [6.07, 6.45) is 12.9.